The standard InChI is InChI=1S/C21H19FN2O2/c22-17-9-11-18(12-10-17)23-14-21(25)24-19-7-4-8-20(13-19)26-15-16-5-2-1-3-6-16/h1-13,23H,14-15H2,(H,24,25). The van der Waals surface area contributed by atoms with Gasteiger partial charge in [0.05, 0.1) is 6.54 Å². The van der Waals surface area contributed by atoms with Gasteiger partial charge in [-0.25, -0.2) is 4.39 Å². The molecule has 26 heavy (non-hydrogen) atoms. The lowest BCUT2D eigenvalue weighted by molar-refractivity contribution is -0.114. The highest BCUT2D eigenvalue weighted by molar-refractivity contribution is 5.93. The Balaban J connectivity index is 1.51. The van der Waals surface area contributed by atoms with Crippen molar-refractivity contribution in [2.24, 2.45) is 0 Å². The third-order valence-electron chi connectivity index (χ3n) is 3.66. The van der Waals surface area contributed by atoms with Crippen LogP contribution in [-0.4, -0.2) is 12.5 Å². The summed E-state index contributed by atoms with van der Waals surface area (Å²) in [5.41, 5.74) is 2.41. The summed E-state index contributed by atoms with van der Waals surface area (Å²) in [5.74, 6) is 0.167. The number of nitrogens with one attached hydrogen (secondary N) is 2. The van der Waals surface area contributed by atoms with Gasteiger partial charge in [0.15, 0.2) is 0 Å². The van der Waals surface area contributed by atoms with Crippen molar-refractivity contribution >= 4 is 17.3 Å². The SMILES string of the molecule is O=C(CNc1ccc(F)cc1)Nc1cccc(OCc2ccccc2)c1. The highest BCUT2D eigenvalue weighted by Gasteiger charge is 2.04. The summed E-state index contributed by atoms with van der Waals surface area (Å²) in [6, 6.07) is 23.0. The number of hydrogen-bond donors (Lipinski definition) is 2. The van der Waals surface area contributed by atoms with Crippen LogP contribution in [0.1, 0.15) is 5.56 Å². The number of ether oxygens (including phenoxy) is 1. The zero-order chi connectivity index (χ0) is 18.2. The van der Waals surface area contributed by atoms with Crippen LogP contribution in [0, 0.1) is 5.82 Å². The highest BCUT2D eigenvalue weighted by Crippen LogP contribution is 2.18. The number of amides is 1. The lowest BCUT2D eigenvalue weighted by Gasteiger charge is -2.10. The van der Waals surface area contributed by atoms with Crippen molar-refractivity contribution in [3.63, 3.8) is 0 Å². The van der Waals surface area contributed by atoms with Crippen LogP contribution in [0.2, 0.25) is 0 Å². The van der Waals surface area contributed by atoms with Gasteiger partial charge < -0.3 is 15.4 Å². The number of rotatable bonds is 7. The Bertz CT molecular complexity index is 851. The summed E-state index contributed by atoms with van der Waals surface area (Å²) in [4.78, 5) is 12.1. The van der Waals surface area contributed by atoms with Crippen molar-refractivity contribution in [1.29, 1.82) is 0 Å². The van der Waals surface area contributed by atoms with Gasteiger partial charge >= 0.3 is 0 Å². The first kappa shape index (κ1) is 17.5. The van der Waals surface area contributed by atoms with Gasteiger partial charge in [-0.1, -0.05) is 36.4 Å². The second-order valence-corrected chi connectivity index (χ2v) is 5.71. The summed E-state index contributed by atoms with van der Waals surface area (Å²) >= 11 is 0. The molecule has 0 bridgehead atoms. The molecule has 0 aromatic heterocycles. The maximum atomic E-state index is 12.9. The Morgan fingerprint density at radius 2 is 1.65 bits per heavy atom. The molecule has 0 unspecified atom stereocenters. The molecule has 0 aliphatic heterocycles. The monoisotopic (exact) mass is 350 g/mol. The van der Waals surface area contributed by atoms with Gasteiger partial charge in [-0.2, -0.15) is 0 Å². The Kier molecular flexibility index (Phi) is 5.83. The smallest absolute Gasteiger partial charge is 0.243 e. The summed E-state index contributed by atoms with van der Waals surface area (Å²) in [6.07, 6.45) is 0. The minimum Gasteiger partial charge on any atom is -0.489 e. The second kappa shape index (κ2) is 8.67. The van der Waals surface area contributed by atoms with E-state index in [0.717, 1.165) is 5.56 Å². The van der Waals surface area contributed by atoms with Gasteiger partial charge in [0.1, 0.15) is 18.2 Å². The molecule has 0 aliphatic rings. The van der Waals surface area contributed by atoms with Crippen LogP contribution in [0.4, 0.5) is 15.8 Å². The molecular weight excluding hydrogens is 331 g/mol. The number of carbonyl (C=O) groups is 1. The third kappa shape index (κ3) is 5.34. The zero-order valence-corrected chi connectivity index (χ0v) is 14.1. The molecule has 4 nitrogen and oxygen atoms in total. The quantitative estimate of drug-likeness (QED) is 0.662. The van der Waals surface area contributed by atoms with Crippen LogP contribution >= 0.6 is 0 Å². The highest BCUT2D eigenvalue weighted by atomic mass is 19.1. The summed E-state index contributed by atoms with van der Waals surface area (Å²) in [5, 5.41) is 5.75. The van der Waals surface area contributed by atoms with Crippen molar-refractivity contribution in [2.75, 3.05) is 17.2 Å². The molecule has 0 saturated carbocycles. The van der Waals surface area contributed by atoms with Crippen LogP contribution in [0.25, 0.3) is 0 Å². The van der Waals surface area contributed by atoms with Gasteiger partial charge in [-0.05, 0) is 42.0 Å². The van der Waals surface area contributed by atoms with E-state index in [2.05, 4.69) is 10.6 Å². The molecule has 2 N–H and O–H groups in total. The number of anilines is 2. The lowest BCUT2D eigenvalue weighted by Crippen LogP contribution is -2.21. The van der Waals surface area contributed by atoms with E-state index in [1.165, 1.54) is 12.1 Å². The molecule has 0 saturated heterocycles. The predicted octanol–water partition coefficient (Wildman–Crippen LogP) is 4.46. The molecular formula is C21H19FN2O2. The fourth-order valence-electron chi connectivity index (χ4n) is 2.36. The van der Waals surface area contributed by atoms with E-state index in [1.807, 2.05) is 42.5 Å². The number of carbonyl (C=O) groups excluding carboxylic acids is 1. The maximum absolute atomic E-state index is 12.9. The first-order valence-corrected chi connectivity index (χ1v) is 8.25. The summed E-state index contributed by atoms with van der Waals surface area (Å²) < 4.78 is 18.6. The molecule has 132 valence electrons. The van der Waals surface area contributed by atoms with Crippen LogP contribution < -0.4 is 15.4 Å². The van der Waals surface area contributed by atoms with Crippen LogP contribution in [0.15, 0.2) is 78.9 Å². The minimum atomic E-state index is -0.313. The molecule has 3 rings (SSSR count). The fraction of sp³-hybridized carbons (Fsp3) is 0.0952. The van der Waals surface area contributed by atoms with Gasteiger partial charge in [0.25, 0.3) is 0 Å². The van der Waals surface area contributed by atoms with Gasteiger partial charge in [-0.3, -0.25) is 4.79 Å². The van der Waals surface area contributed by atoms with E-state index in [0.29, 0.717) is 23.7 Å². The van der Waals surface area contributed by atoms with Crippen LogP contribution in [-0.2, 0) is 11.4 Å². The molecule has 0 spiro atoms. The average Bonchev–Trinajstić information content (AvgIpc) is 2.67. The summed E-state index contributed by atoms with van der Waals surface area (Å²) in [6.45, 7) is 0.547. The van der Waals surface area contributed by atoms with Crippen LogP contribution in [0.3, 0.4) is 0 Å². The van der Waals surface area contributed by atoms with E-state index in [9.17, 15) is 9.18 Å². The second-order valence-electron chi connectivity index (χ2n) is 5.71. The Hall–Kier alpha value is -3.34. The fourth-order valence-corrected chi connectivity index (χ4v) is 2.36. The molecule has 0 radical (unpaired) electrons. The molecule has 0 heterocycles. The van der Waals surface area contributed by atoms with E-state index in [1.54, 1.807) is 24.3 Å². The van der Waals surface area contributed by atoms with E-state index < -0.39 is 0 Å². The molecule has 5 heteroatoms. The first-order chi connectivity index (χ1) is 12.7. The van der Waals surface area contributed by atoms with Crippen molar-refractivity contribution < 1.29 is 13.9 Å². The van der Waals surface area contributed by atoms with Crippen molar-refractivity contribution in [3.05, 3.63) is 90.2 Å². The van der Waals surface area contributed by atoms with E-state index >= 15 is 0 Å². The largest absolute Gasteiger partial charge is 0.489 e. The Morgan fingerprint density at radius 3 is 2.42 bits per heavy atom. The third-order valence-corrected chi connectivity index (χ3v) is 3.66. The van der Waals surface area contributed by atoms with Gasteiger partial charge in [0, 0.05) is 17.4 Å². The van der Waals surface area contributed by atoms with Gasteiger partial charge in [0.2, 0.25) is 5.91 Å². The van der Waals surface area contributed by atoms with Crippen molar-refractivity contribution in [3.8, 4) is 5.75 Å². The summed E-state index contributed by atoms with van der Waals surface area (Å²) in [7, 11) is 0. The Labute approximate surface area is 151 Å². The molecule has 3 aromatic carbocycles. The normalized spacial score (nSPS) is 10.2. The molecule has 0 fully saturated rings. The maximum Gasteiger partial charge on any atom is 0.243 e. The molecule has 3 aromatic rings. The van der Waals surface area contributed by atoms with Crippen molar-refractivity contribution in [2.45, 2.75) is 6.61 Å². The first-order valence-electron chi connectivity index (χ1n) is 8.25. The number of benzene rings is 3. The van der Waals surface area contributed by atoms with E-state index in [-0.39, 0.29) is 18.3 Å². The van der Waals surface area contributed by atoms with Crippen molar-refractivity contribution in [1.82, 2.24) is 0 Å². The minimum absolute atomic E-state index is 0.0841. The molecule has 0 atom stereocenters. The molecule has 0 aliphatic carbocycles. The average molecular weight is 350 g/mol. The topological polar surface area (TPSA) is 50.4 Å². The van der Waals surface area contributed by atoms with Gasteiger partial charge in [-0.15, -0.1) is 0 Å². The zero-order valence-electron chi connectivity index (χ0n) is 14.1. The van der Waals surface area contributed by atoms with E-state index in [4.69, 9.17) is 4.74 Å². The number of hydrogen-bond acceptors (Lipinski definition) is 3. The Morgan fingerprint density at radius 1 is 0.885 bits per heavy atom. The predicted molar refractivity (Wildman–Crippen MR) is 101 cm³/mol. The number of halogens is 1. The van der Waals surface area contributed by atoms with Crippen LogP contribution in [0.5, 0.6) is 5.75 Å². The lowest BCUT2D eigenvalue weighted by atomic mass is 10.2. The molecule has 1 amide bonds.